The zero-order valence-electron chi connectivity index (χ0n) is 19.0. The molecule has 2 fully saturated rings. The molecule has 13 heteroatoms. The summed E-state index contributed by atoms with van der Waals surface area (Å²) < 4.78 is 93.5. The maximum atomic E-state index is 14.4. The van der Waals surface area contributed by atoms with Crippen LogP contribution in [0.2, 0.25) is 0 Å². The predicted molar refractivity (Wildman–Crippen MR) is 119 cm³/mol. The van der Waals surface area contributed by atoms with Crippen molar-refractivity contribution in [2.24, 2.45) is 5.92 Å². The highest BCUT2D eigenvalue weighted by atomic mass is 32.2. The second-order valence-corrected chi connectivity index (χ2v) is 10.9. The number of pyridine rings is 1. The molecule has 194 valence electrons. The number of aryl methyl sites for hydroxylation is 1. The lowest BCUT2D eigenvalue weighted by Gasteiger charge is -2.26. The van der Waals surface area contributed by atoms with Gasteiger partial charge in [-0.15, -0.1) is 0 Å². The molecule has 2 aromatic heterocycles. The van der Waals surface area contributed by atoms with Gasteiger partial charge in [0, 0.05) is 30.4 Å². The van der Waals surface area contributed by atoms with Gasteiger partial charge in [0.05, 0.1) is 22.8 Å². The van der Waals surface area contributed by atoms with Crippen molar-refractivity contribution < 1.29 is 35.2 Å². The van der Waals surface area contributed by atoms with Crippen LogP contribution in [-0.2, 0) is 27.4 Å². The number of halogens is 5. The second kappa shape index (κ2) is 9.21. The summed E-state index contributed by atoms with van der Waals surface area (Å²) in [7, 11) is -4.04. The summed E-state index contributed by atoms with van der Waals surface area (Å²) in [5.74, 6) is -2.94. The molecule has 0 spiro atoms. The Bertz CT molecular complexity index is 1450. The summed E-state index contributed by atoms with van der Waals surface area (Å²) >= 11 is 0. The average Bonchev–Trinajstić information content (AvgIpc) is 3.51. The van der Waals surface area contributed by atoms with Gasteiger partial charge in [0.1, 0.15) is 11.6 Å². The Morgan fingerprint density at radius 2 is 1.68 bits per heavy atom. The van der Waals surface area contributed by atoms with E-state index in [2.05, 4.69) is 15.0 Å². The normalized spacial score (nSPS) is 21.6. The number of benzene rings is 1. The van der Waals surface area contributed by atoms with Crippen LogP contribution in [0.1, 0.15) is 30.7 Å². The van der Waals surface area contributed by atoms with Gasteiger partial charge in [0.25, 0.3) is 0 Å². The third-order valence-electron chi connectivity index (χ3n) is 6.58. The van der Waals surface area contributed by atoms with Crippen LogP contribution in [0.25, 0.3) is 11.3 Å². The van der Waals surface area contributed by atoms with Crippen LogP contribution in [0.15, 0.2) is 53.8 Å². The molecule has 1 saturated heterocycles. The fraction of sp³-hybridized carbons (Fsp3) is 0.333. The molecule has 1 aromatic carbocycles. The number of alkyl halides is 3. The van der Waals surface area contributed by atoms with Crippen molar-refractivity contribution in [1.82, 2.24) is 19.3 Å². The lowest BCUT2D eigenvalue weighted by atomic mass is 10.0. The number of Topliss-reactive ketones (excluding diaryl/α,β-unsaturated/α-hetero) is 1. The summed E-state index contributed by atoms with van der Waals surface area (Å²) in [5.41, 5.74) is 0.350. The number of rotatable bonds is 7. The first-order valence-corrected chi connectivity index (χ1v) is 12.7. The lowest BCUT2D eigenvalue weighted by molar-refractivity contribution is -0.145. The van der Waals surface area contributed by atoms with E-state index in [-0.39, 0.29) is 52.3 Å². The highest BCUT2D eigenvalue weighted by Crippen LogP contribution is 2.50. The van der Waals surface area contributed by atoms with Gasteiger partial charge in [-0.05, 0) is 61.1 Å². The number of fused-ring (bicyclic) bond motifs is 1. The fourth-order valence-corrected chi connectivity index (χ4v) is 6.50. The molecule has 0 amide bonds. The van der Waals surface area contributed by atoms with Crippen LogP contribution in [0.4, 0.5) is 22.0 Å². The van der Waals surface area contributed by atoms with Gasteiger partial charge in [-0.2, -0.15) is 17.5 Å². The van der Waals surface area contributed by atoms with Gasteiger partial charge in [0.2, 0.25) is 15.8 Å². The Morgan fingerprint density at radius 1 is 1.00 bits per heavy atom. The smallest absolute Gasteiger partial charge is 0.298 e. The summed E-state index contributed by atoms with van der Waals surface area (Å²) in [6, 6.07) is 4.47. The van der Waals surface area contributed by atoms with E-state index >= 15 is 0 Å². The number of nitrogens with zero attached hydrogens (tertiary/aromatic N) is 4. The van der Waals surface area contributed by atoms with Crippen molar-refractivity contribution in [3.05, 3.63) is 71.9 Å². The van der Waals surface area contributed by atoms with Crippen molar-refractivity contribution in [3.8, 4) is 11.3 Å². The zero-order chi connectivity index (χ0) is 26.5. The first-order valence-electron chi connectivity index (χ1n) is 11.3. The first-order chi connectivity index (χ1) is 17.4. The van der Waals surface area contributed by atoms with Crippen LogP contribution in [0.5, 0.6) is 0 Å². The maximum absolute atomic E-state index is 14.4. The average molecular weight is 538 g/mol. The molecule has 1 aliphatic carbocycles. The number of sulfonamides is 1. The number of carbonyl (C=O) groups is 1. The van der Waals surface area contributed by atoms with Crippen molar-refractivity contribution >= 4 is 15.8 Å². The Morgan fingerprint density at radius 3 is 2.32 bits per heavy atom. The van der Waals surface area contributed by atoms with E-state index in [0.717, 1.165) is 42.9 Å². The van der Waals surface area contributed by atoms with Crippen LogP contribution in [0, 0.1) is 17.6 Å². The highest BCUT2D eigenvalue weighted by molar-refractivity contribution is 7.89. The summed E-state index contributed by atoms with van der Waals surface area (Å²) in [4.78, 5) is 23.4. The van der Waals surface area contributed by atoms with E-state index in [4.69, 9.17) is 0 Å². The zero-order valence-corrected chi connectivity index (χ0v) is 19.8. The third-order valence-corrected chi connectivity index (χ3v) is 8.53. The van der Waals surface area contributed by atoms with Crippen molar-refractivity contribution in [1.29, 1.82) is 0 Å². The maximum Gasteiger partial charge on any atom is 0.451 e. The topological polar surface area (TPSA) is 93.1 Å². The van der Waals surface area contributed by atoms with E-state index < -0.39 is 39.7 Å². The molecule has 5 rings (SSSR count). The van der Waals surface area contributed by atoms with Gasteiger partial charge in [-0.25, -0.2) is 27.2 Å². The largest absolute Gasteiger partial charge is 0.451 e. The molecular weight excluding hydrogens is 519 g/mol. The van der Waals surface area contributed by atoms with Gasteiger partial charge >= 0.3 is 6.18 Å². The molecule has 0 bridgehead atoms. The van der Waals surface area contributed by atoms with Crippen LogP contribution < -0.4 is 0 Å². The quantitative estimate of drug-likeness (QED) is 0.419. The molecule has 0 unspecified atom stereocenters. The molecule has 0 N–H and O–H groups in total. The molecule has 1 saturated carbocycles. The molecule has 7 nitrogen and oxygen atoms in total. The molecule has 3 atom stereocenters. The first kappa shape index (κ1) is 25.3. The standard InChI is InChI=1S/C24H19F5N4O3S/c25-16-2-4-17(5-3-16)37(35,36)33-20-8-14(20)9-21(33)22(34)6-1-13-7-19(30-12-18(13)26)15-10-31-23(32-11-15)24(27,28)29/h2-5,7,10-12,14,20-21H,1,6,8-9H2/t14-,20-,21-/m0/s1. The third kappa shape index (κ3) is 4.97. The minimum absolute atomic E-state index is 0.0631. The number of aromatic nitrogens is 3. The Hall–Kier alpha value is -3.32. The molecule has 0 radical (unpaired) electrons. The fourth-order valence-electron chi connectivity index (χ4n) is 4.63. The Labute approximate surface area is 208 Å². The second-order valence-electron chi connectivity index (χ2n) is 9.02. The van der Waals surface area contributed by atoms with Gasteiger partial charge < -0.3 is 0 Å². The van der Waals surface area contributed by atoms with Crippen LogP contribution in [0.3, 0.4) is 0 Å². The molecule has 3 aromatic rings. The number of ketones is 1. The summed E-state index contributed by atoms with van der Waals surface area (Å²) in [5, 5.41) is 0. The van der Waals surface area contributed by atoms with Gasteiger partial charge in [0.15, 0.2) is 5.78 Å². The van der Waals surface area contributed by atoms with Crippen molar-refractivity contribution in [2.45, 2.75) is 48.8 Å². The Kier molecular flexibility index (Phi) is 6.31. The lowest BCUT2D eigenvalue weighted by Crippen LogP contribution is -2.43. The number of hydrogen-bond donors (Lipinski definition) is 0. The van der Waals surface area contributed by atoms with Crippen LogP contribution >= 0.6 is 0 Å². The predicted octanol–water partition coefficient (Wildman–Crippen LogP) is 4.19. The van der Waals surface area contributed by atoms with E-state index in [0.29, 0.717) is 12.8 Å². The number of hydrogen-bond acceptors (Lipinski definition) is 6. The number of piperidine rings is 1. The van der Waals surface area contributed by atoms with E-state index in [1.807, 2.05) is 0 Å². The highest BCUT2D eigenvalue weighted by Gasteiger charge is 2.58. The summed E-state index contributed by atoms with van der Waals surface area (Å²) in [6.45, 7) is 0. The Balaban J connectivity index is 1.31. The number of carbonyl (C=O) groups excluding carboxylic acids is 1. The molecule has 37 heavy (non-hydrogen) atoms. The summed E-state index contributed by atoms with van der Waals surface area (Å²) in [6.07, 6.45) is -1.20. The van der Waals surface area contributed by atoms with Crippen molar-refractivity contribution in [3.63, 3.8) is 0 Å². The monoisotopic (exact) mass is 538 g/mol. The molecule has 2 aliphatic rings. The molecular formula is C24H19F5N4O3S. The van der Waals surface area contributed by atoms with E-state index in [1.54, 1.807) is 0 Å². The van der Waals surface area contributed by atoms with Crippen LogP contribution in [-0.4, -0.2) is 45.5 Å². The molecule has 1 aliphatic heterocycles. The SMILES string of the molecule is O=C(CCc1cc(-c2cnc(C(F)(F)F)nc2)ncc1F)[C@@H]1C[C@@H]2C[C@@H]2N1S(=O)(=O)c1ccc(F)cc1. The van der Waals surface area contributed by atoms with Crippen molar-refractivity contribution in [2.75, 3.05) is 0 Å². The van der Waals surface area contributed by atoms with Gasteiger partial charge in [-0.3, -0.25) is 9.78 Å². The van der Waals surface area contributed by atoms with E-state index in [1.165, 1.54) is 10.4 Å². The van der Waals surface area contributed by atoms with E-state index in [9.17, 15) is 35.2 Å². The minimum Gasteiger partial charge on any atom is -0.298 e. The minimum atomic E-state index is -4.71. The molecule has 3 heterocycles. The van der Waals surface area contributed by atoms with Gasteiger partial charge in [-0.1, -0.05) is 0 Å².